The molecule has 0 spiro atoms. The number of carboxylic acid groups (broad SMARTS) is 1. The number of oxime groups is 1. The van der Waals surface area contributed by atoms with Crippen LogP contribution in [0.25, 0.3) is 0 Å². The minimum absolute atomic E-state index is 0.112. The van der Waals surface area contributed by atoms with Gasteiger partial charge in [-0.1, -0.05) is 35.5 Å². The fraction of sp³-hybridized carbons (Fsp3) is 0.0625. The third-order valence-electron chi connectivity index (χ3n) is 3.02. The van der Waals surface area contributed by atoms with Gasteiger partial charge < -0.3 is 9.94 Å². The van der Waals surface area contributed by atoms with Gasteiger partial charge in [0.2, 0.25) is 6.61 Å². The second-order valence-electron chi connectivity index (χ2n) is 4.62. The van der Waals surface area contributed by atoms with Crippen LogP contribution < -0.4 is 0 Å². The minimum atomic E-state index is -1.19. The number of nitrogens with zero attached hydrogens (tertiary/aromatic N) is 2. The van der Waals surface area contributed by atoms with Gasteiger partial charge in [0.05, 0.1) is 10.5 Å². The summed E-state index contributed by atoms with van der Waals surface area (Å²) in [6.45, 7) is -0.635. The molecule has 0 bridgehead atoms. The maximum absolute atomic E-state index is 11.1. The molecule has 0 heterocycles. The van der Waals surface area contributed by atoms with E-state index in [1.807, 2.05) is 0 Å². The quantitative estimate of drug-likeness (QED) is 0.360. The summed E-state index contributed by atoms with van der Waals surface area (Å²) < 4.78 is 0. The first-order valence-electron chi connectivity index (χ1n) is 6.74. The summed E-state index contributed by atoms with van der Waals surface area (Å²) in [7, 11) is 0. The Morgan fingerprint density at radius 1 is 1.21 bits per heavy atom. The fourth-order valence-electron chi connectivity index (χ4n) is 1.98. The Kier molecular flexibility index (Phi) is 5.35. The molecular formula is C16H12N2O6. The minimum Gasteiger partial charge on any atom is -0.479 e. The Balaban J connectivity index is 2.49. The molecule has 0 amide bonds. The van der Waals surface area contributed by atoms with Crippen molar-refractivity contribution in [3.05, 3.63) is 75.3 Å². The molecule has 0 aromatic heterocycles. The molecule has 2 aromatic carbocycles. The molecule has 122 valence electrons. The first kappa shape index (κ1) is 16.8. The lowest BCUT2D eigenvalue weighted by Gasteiger charge is -2.08. The molecule has 0 fully saturated rings. The van der Waals surface area contributed by atoms with Crippen LogP contribution in [0.3, 0.4) is 0 Å². The van der Waals surface area contributed by atoms with E-state index < -0.39 is 17.5 Å². The second kappa shape index (κ2) is 7.63. The molecule has 24 heavy (non-hydrogen) atoms. The van der Waals surface area contributed by atoms with Crippen molar-refractivity contribution < 1.29 is 24.5 Å². The predicted octanol–water partition coefficient (Wildman–Crippen LogP) is 2.26. The van der Waals surface area contributed by atoms with Crippen LogP contribution in [0, 0.1) is 10.1 Å². The number of carboxylic acids is 1. The molecule has 0 aliphatic heterocycles. The van der Waals surface area contributed by atoms with E-state index in [9.17, 15) is 19.7 Å². The van der Waals surface area contributed by atoms with E-state index in [4.69, 9.17) is 9.94 Å². The summed E-state index contributed by atoms with van der Waals surface area (Å²) in [5, 5.41) is 23.3. The van der Waals surface area contributed by atoms with Crippen LogP contribution >= 0.6 is 0 Å². The lowest BCUT2D eigenvalue weighted by atomic mass is 10.00. The number of aliphatic carboxylic acids is 1. The summed E-state index contributed by atoms with van der Waals surface area (Å²) in [6, 6.07) is 12.6. The van der Waals surface area contributed by atoms with Gasteiger partial charge in [0, 0.05) is 17.2 Å². The summed E-state index contributed by atoms with van der Waals surface area (Å²) in [4.78, 5) is 36.7. The number of hydrogen-bond donors (Lipinski definition) is 1. The van der Waals surface area contributed by atoms with Crippen LogP contribution in [-0.2, 0) is 9.63 Å². The Bertz CT molecular complexity index is 801. The van der Waals surface area contributed by atoms with Crippen molar-refractivity contribution in [2.45, 2.75) is 0 Å². The molecule has 0 aliphatic carbocycles. The van der Waals surface area contributed by atoms with Gasteiger partial charge in [-0.25, -0.2) is 4.79 Å². The highest BCUT2D eigenvalue weighted by Gasteiger charge is 2.17. The highest BCUT2D eigenvalue weighted by molar-refractivity contribution is 6.13. The smallest absolute Gasteiger partial charge is 0.344 e. The zero-order valence-corrected chi connectivity index (χ0v) is 12.3. The lowest BCUT2D eigenvalue weighted by Crippen LogP contribution is -2.09. The van der Waals surface area contributed by atoms with Crippen molar-refractivity contribution in [1.82, 2.24) is 0 Å². The number of nitro groups is 1. The van der Waals surface area contributed by atoms with Gasteiger partial charge in [-0.2, -0.15) is 0 Å². The standard InChI is InChI=1S/C16H12N2O6/c19-9-13-8-12(6-7-14(13)18(22)23)16(17-24-10-15(20)21)11-4-2-1-3-5-11/h1-9H,10H2,(H,20,21). The maximum atomic E-state index is 11.1. The number of carbonyl (C=O) groups is 2. The van der Waals surface area contributed by atoms with E-state index in [0.29, 0.717) is 17.4 Å². The van der Waals surface area contributed by atoms with E-state index in [1.165, 1.54) is 18.2 Å². The van der Waals surface area contributed by atoms with Gasteiger partial charge in [-0.3, -0.25) is 14.9 Å². The van der Waals surface area contributed by atoms with Crippen molar-refractivity contribution in [2.24, 2.45) is 5.16 Å². The molecular weight excluding hydrogens is 316 g/mol. The number of rotatable bonds is 7. The lowest BCUT2D eigenvalue weighted by molar-refractivity contribution is -0.385. The van der Waals surface area contributed by atoms with E-state index in [0.717, 1.165) is 0 Å². The Morgan fingerprint density at radius 2 is 1.92 bits per heavy atom. The van der Waals surface area contributed by atoms with Gasteiger partial charge in [0.1, 0.15) is 5.71 Å². The first-order chi connectivity index (χ1) is 11.5. The number of aldehydes is 1. The largest absolute Gasteiger partial charge is 0.479 e. The van der Waals surface area contributed by atoms with Crippen molar-refractivity contribution in [1.29, 1.82) is 0 Å². The average Bonchev–Trinajstić information content (AvgIpc) is 2.58. The summed E-state index contributed by atoms with van der Waals surface area (Å²) in [5.41, 5.74) is 0.815. The molecule has 2 rings (SSSR count). The van der Waals surface area contributed by atoms with Crippen molar-refractivity contribution in [3.8, 4) is 0 Å². The summed E-state index contributed by atoms with van der Waals surface area (Å²) in [5.74, 6) is -1.19. The topological polar surface area (TPSA) is 119 Å². The molecule has 0 unspecified atom stereocenters. The molecule has 8 nitrogen and oxygen atoms in total. The third-order valence-corrected chi connectivity index (χ3v) is 3.02. The van der Waals surface area contributed by atoms with Gasteiger partial charge in [0.25, 0.3) is 5.69 Å². The highest BCUT2D eigenvalue weighted by atomic mass is 16.6. The normalized spacial score (nSPS) is 10.9. The van der Waals surface area contributed by atoms with E-state index in [1.54, 1.807) is 30.3 Å². The Morgan fingerprint density at radius 3 is 2.50 bits per heavy atom. The van der Waals surface area contributed by atoms with Crippen LogP contribution in [0.1, 0.15) is 21.5 Å². The van der Waals surface area contributed by atoms with Crippen molar-refractivity contribution in [3.63, 3.8) is 0 Å². The second-order valence-corrected chi connectivity index (χ2v) is 4.62. The summed E-state index contributed by atoms with van der Waals surface area (Å²) >= 11 is 0. The van der Waals surface area contributed by atoms with Crippen LogP contribution in [0.4, 0.5) is 5.69 Å². The van der Waals surface area contributed by atoms with Gasteiger partial charge >= 0.3 is 5.97 Å². The van der Waals surface area contributed by atoms with Gasteiger partial charge in [-0.05, 0) is 12.1 Å². The Labute approximate surface area is 136 Å². The summed E-state index contributed by atoms with van der Waals surface area (Å²) in [6.07, 6.45) is 0.377. The SMILES string of the molecule is O=Cc1cc(C(=NOCC(=O)O)c2ccccc2)ccc1[N+](=O)[O-]. The fourth-order valence-corrected chi connectivity index (χ4v) is 1.98. The number of carbonyl (C=O) groups excluding carboxylic acids is 1. The number of benzene rings is 2. The van der Waals surface area contributed by atoms with Crippen LogP contribution in [0.15, 0.2) is 53.7 Å². The molecule has 0 aliphatic rings. The molecule has 8 heteroatoms. The molecule has 0 saturated carbocycles. The van der Waals surface area contributed by atoms with Crippen LogP contribution in [0.5, 0.6) is 0 Å². The van der Waals surface area contributed by atoms with Crippen molar-refractivity contribution in [2.75, 3.05) is 6.61 Å². The maximum Gasteiger partial charge on any atom is 0.344 e. The van der Waals surface area contributed by atoms with Gasteiger partial charge in [-0.15, -0.1) is 0 Å². The predicted molar refractivity (Wildman–Crippen MR) is 84.2 cm³/mol. The van der Waals surface area contributed by atoms with E-state index in [-0.39, 0.29) is 17.0 Å². The molecule has 0 saturated heterocycles. The zero-order chi connectivity index (χ0) is 17.5. The monoisotopic (exact) mass is 328 g/mol. The van der Waals surface area contributed by atoms with Gasteiger partial charge in [0.15, 0.2) is 6.29 Å². The molecule has 1 N–H and O–H groups in total. The van der Waals surface area contributed by atoms with Crippen LogP contribution in [-0.4, -0.2) is 34.6 Å². The molecule has 0 radical (unpaired) electrons. The molecule has 0 atom stereocenters. The van der Waals surface area contributed by atoms with Crippen molar-refractivity contribution >= 4 is 23.7 Å². The third kappa shape index (κ3) is 4.01. The Hall–Kier alpha value is -3.55. The average molecular weight is 328 g/mol. The van der Waals surface area contributed by atoms with E-state index in [2.05, 4.69) is 5.16 Å². The van der Waals surface area contributed by atoms with E-state index >= 15 is 0 Å². The highest BCUT2D eigenvalue weighted by Crippen LogP contribution is 2.21. The van der Waals surface area contributed by atoms with Crippen LogP contribution in [0.2, 0.25) is 0 Å². The zero-order valence-electron chi connectivity index (χ0n) is 12.3. The first-order valence-corrected chi connectivity index (χ1v) is 6.74. The number of hydrogen-bond acceptors (Lipinski definition) is 6. The number of nitro benzene ring substituents is 1. The molecule has 2 aromatic rings.